The zero-order valence-corrected chi connectivity index (χ0v) is 15.4. The van der Waals surface area contributed by atoms with Crippen molar-refractivity contribution < 1.29 is 23.6 Å². The summed E-state index contributed by atoms with van der Waals surface area (Å²) in [6, 6.07) is 3.67. The van der Waals surface area contributed by atoms with Crippen LogP contribution in [-0.2, 0) is 11.4 Å². The van der Waals surface area contributed by atoms with Gasteiger partial charge in [-0.15, -0.1) is 4.72 Å². The van der Waals surface area contributed by atoms with Crippen LogP contribution in [0.25, 0.3) is 0 Å². The smallest absolute Gasteiger partial charge is 0.404 e. The lowest BCUT2D eigenvalue weighted by Gasteiger charge is -2.27. The van der Waals surface area contributed by atoms with Crippen LogP contribution in [0.1, 0.15) is 46.2 Å². The average molecular weight is 360 g/mol. The Morgan fingerprint density at radius 2 is 2.04 bits per heavy atom. The molecule has 2 unspecified atom stereocenters. The maximum atomic E-state index is 13.6. The minimum atomic E-state index is -1.32. The summed E-state index contributed by atoms with van der Waals surface area (Å²) in [5.41, 5.74) is 0.523. The van der Waals surface area contributed by atoms with Crippen molar-refractivity contribution in [1.82, 2.24) is 10.0 Å². The van der Waals surface area contributed by atoms with Crippen LogP contribution in [0.3, 0.4) is 0 Å². The molecule has 3 atom stereocenters. The van der Waals surface area contributed by atoms with Crippen molar-refractivity contribution in [2.24, 2.45) is 0 Å². The van der Waals surface area contributed by atoms with E-state index in [9.17, 15) is 13.7 Å². The normalized spacial score (nSPS) is 15.5. The first-order chi connectivity index (χ1) is 11.0. The molecule has 0 saturated carbocycles. The van der Waals surface area contributed by atoms with E-state index < -0.39 is 40.2 Å². The summed E-state index contributed by atoms with van der Waals surface area (Å²) in [5, 5.41) is 10.9. The highest BCUT2D eigenvalue weighted by molar-refractivity contribution is 7.90. The fraction of sp³-hybridized carbons (Fsp3) is 0.562. The second-order valence-electron chi connectivity index (χ2n) is 6.52. The molecule has 0 fully saturated rings. The van der Waals surface area contributed by atoms with E-state index in [1.807, 2.05) is 20.8 Å². The second kappa shape index (κ2) is 8.55. The topological polar surface area (TPSA) is 93.7 Å². The van der Waals surface area contributed by atoms with E-state index in [4.69, 9.17) is 9.84 Å². The maximum Gasteiger partial charge on any atom is 0.404 e. The third-order valence-corrected chi connectivity index (χ3v) is 4.83. The van der Waals surface area contributed by atoms with Crippen LogP contribution in [-0.4, -0.2) is 33.1 Å². The van der Waals surface area contributed by atoms with Crippen molar-refractivity contribution in [3.63, 3.8) is 0 Å². The number of ether oxygens (including phenoxy) is 1. The molecule has 0 aliphatic heterocycles. The molecule has 8 heteroatoms. The SMILES string of the molecule is CC(CNC(=O)O)Oc1ccc(F)cc1C(C)N[S@+]([O-])C(C)(C)C. The van der Waals surface area contributed by atoms with Gasteiger partial charge in [0.25, 0.3) is 0 Å². The molecule has 1 aromatic rings. The van der Waals surface area contributed by atoms with Crippen LogP contribution in [0.2, 0.25) is 0 Å². The van der Waals surface area contributed by atoms with E-state index in [-0.39, 0.29) is 6.54 Å². The van der Waals surface area contributed by atoms with Crippen LogP contribution >= 0.6 is 0 Å². The van der Waals surface area contributed by atoms with E-state index in [2.05, 4.69) is 10.0 Å². The lowest BCUT2D eigenvalue weighted by Crippen LogP contribution is -2.40. The second-order valence-corrected chi connectivity index (χ2v) is 8.52. The Labute approximate surface area is 145 Å². The molecule has 0 bridgehead atoms. The number of rotatable bonds is 7. The summed E-state index contributed by atoms with van der Waals surface area (Å²) >= 11 is -1.32. The molecule has 0 radical (unpaired) electrons. The third-order valence-electron chi connectivity index (χ3n) is 3.15. The minimum absolute atomic E-state index is 0.0991. The summed E-state index contributed by atoms with van der Waals surface area (Å²) in [6.07, 6.45) is -1.58. The van der Waals surface area contributed by atoms with Crippen LogP contribution in [0.4, 0.5) is 9.18 Å². The van der Waals surface area contributed by atoms with Gasteiger partial charge in [-0.1, -0.05) is 0 Å². The number of carboxylic acid groups (broad SMARTS) is 1. The summed E-state index contributed by atoms with van der Waals surface area (Å²) < 4.78 is 34.0. The number of halogens is 1. The van der Waals surface area contributed by atoms with E-state index in [1.165, 1.54) is 18.2 Å². The van der Waals surface area contributed by atoms with Gasteiger partial charge in [0.15, 0.2) is 0 Å². The van der Waals surface area contributed by atoms with Gasteiger partial charge in [0, 0.05) is 16.9 Å². The first-order valence-electron chi connectivity index (χ1n) is 7.61. The zero-order valence-electron chi connectivity index (χ0n) is 14.6. The molecule has 3 N–H and O–H groups in total. The molecule has 0 aliphatic carbocycles. The van der Waals surface area contributed by atoms with Crippen LogP contribution in [0.15, 0.2) is 18.2 Å². The summed E-state index contributed by atoms with van der Waals surface area (Å²) in [4.78, 5) is 10.5. The van der Waals surface area contributed by atoms with Gasteiger partial charge < -0.3 is 19.7 Å². The Kier molecular flexibility index (Phi) is 7.31. The number of nitrogens with one attached hydrogen (secondary N) is 2. The molecule has 1 aromatic carbocycles. The molecule has 0 aromatic heterocycles. The van der Waals surface area contributed by atoms with Crippen molar-refractivity contribution >= 4 is 17.5 Å². The van der Waals surface area contributed by atoms with Gasteiger partial charge in [-0.3, -0.25) is 0 Å². The Morgan fingerprint density at radius 1 is 1.42 bits per heavy atom. The van der Waals surface area contributed by atoms with Crippen LogP contribution in [0.5, 0.6) is 5.75 Å². The fourth-order valence-electron chi connectivity index (χ4n) is 1.86. The monoisotopic (exact) mass is 360 g/mol. The van der Waals surface area contributed by atoms with E-state index in [0.717, 1.165) is 0 Å². The van der Waals surface area contributed by atoms with Gasteiger partial charge in [-0.25, -0.2) is 9.18 Å². The molecule has 0 saturated heterocycles. The number of hydrogen-bond acceptors (Lipinski definition) is 4. The summed E-state index contributed by atoms with van der Waals surface area (Å²) in [5.74, 6) is -0.00847. The van der Waals surface area contributed by atoms with E-state index >= 15 is 0 Å². The summed E-state index contributed by atoms with van der Waals surface area (Å²) in [7, 11) is 0. The predicted molar refractivity (Wildman–Crippen MR) is 92.0 cm³/mol. The van der Waals surface area contributed by atoms with E-state index in [0.29, 0.717) is 11.3 Å². The fourth-order valence-corrected chi connectivity index (χ4v) is 2.66. The van der Waals surface area contributed by atoms with Gasteiger partial charge in [0.1, 0.15) is 22.4 Å². The Hall–Kier alpha value is -1.51. The van der Waals surface area contributed by atoms with Gasteiger partial charge in [-0.2, -0.15) is 0 Å². The van der Waals surface area contributed by atoms with Crippen molar-refractivity contribution in [2.75, 3.05) is 6.54 Å². The summed E-state index contributed by atoms with van der Waals surface area (Å²) in [6.45, 7) is 9.09. The van der Waals surface area contributed by atoms with Crippen LogP contribution in [0, 0.1) is 5.82 Å². The minimum Gasteiger partial charge on any atom is -0.598 e. The lowest BCUT2D eigenvalue weighted by molar-refractivity contribution is 0.177. The first-order valence-corrected chi connectivity index (χ1v) is 8.76. The highest BCUT2D eigenvalue weighted by Crippen LogP contribution is 2.29. The highest BCUT2D eigenvalue weighted by atomic mass is 32.2. The molecule has 0 spiro atoms. The third kappa shape index (κ3) is 6.54. The number of carbonyl (C=O) groups is 1. The average Bonchev–Trinajstić information content (AvgIpc) is 2.45. The Bertz CT molecular complexity index is 565. The maximum absolute atomic E-state index is 13.6. The van der Waals surface area contributed by atoms with Gasteiger partial charge in [0.2, 0.25) is 0 Å². The number of benzene rings is 1. The van der Waals surface area contributed by atoms with Crippen molar-refractivity contribution in [2.45, 2.75) is 51.5 Å². The first kappa shape index (κ1) is 20.5. The van der Waals surface area contributed by atoms with E-state index in [1.54, 1.807) is 13.8 Å². The standard InChI is InChI=1S/C16H25FN2O4S/c1-10(9-18-15(20)21)23-14-7-6-12(17)8-13(14)11(2)19-24(22)16(3,4)5/h6-8,10-11,18-19H,9H2,1-5H3,(H,20,21)/t10?,11?,24-/m1/s1. The number of hydrogen-bond donors (Lipinski definition) is 3. The largest absolute Gasteiger partial charge is 0.598 e. The van der Waals surface area contributed by atoms with Crippen molar-refractivity contribution in [1.29, 1.82) is 0 Å². The quantitative estimate of drug-likeness (QED) is 0.650. The van der Waals surface area contributed by atoms with Gasteiger partial charge >= 0.3 is 6.09 Å². The molecule has 1 rings (SSSR count). The van der Waals surface area contributed by atoms with Gasteiger partial charge in [-0.05, 0) is 52.8 Å². The molecule has 0 aliphatic rings. The number of amides is 1. The predicted octanol–water partition coefficient (Wildman–Crippen LogP) is 2.97. The Balaban J connectivity index is 2.89. The molecule has 0 heterocycles. The molecule has 6 nitrogen and oxygen atoms in total. The highest BCUT2D eigenvalue weighted by Gasteiger charge is 2.29. The molecular weight excluding hydrogens is 335 g/mol. The zero-order chi connectivity index (χ0) is 18.5. The Morgan fingerprint density at radius 3 is 2.58 bits per heavy atom. The van der Waals surface area contributed by atoms with Crippen molar-refractivity contribution in [3.8, 4) is 5.75 Å². The lowest BCUT2D eigenvalue weighted by atomic mass is 10.1. The van der Waals surface area contributed by atoms with Gasteiger partial charge in [0.05, 0.1) is 12.6 Å². The molecule has 1 amide bonds. The molecular formula is C16H25FN2O4S. The molecule has 136 valence electrons. The van der Waals surface area contributed by atoms with Crippen LogP contribution < -0.4 is 14.8 Å². The molecule has 24 heavy (non-hydrogen) atoms. The van der Waals surface area contributed by atoms with Crippen molar-refractivity contribution in [3.05, 3.63) is 29.6 Å².